The van der Waals surface area contributed by atoms with Gasteiger partial charge in [0.2, 0.25) is 17.7 Å². The normalized spacial score (nSPS) is 13.7. The molecule has 8 nitrogen and oxygen atoms in total. The number of hydrogen-bond acceptors (Lipinski definition) is 6. The molecule has 2 aromatic rings. The second kappa shape index (κ2) is 17.2. The summed E-state index contributed by atoms with van der Waals surface area (Å²) < 4.78 is 1.08. The van der Waals surface area contributed by atoms with Crippen molar-refractivity contribution in [2.45, 2.75) is 86.1 Å². The Kier molecular flexibility index (Phi) is 14.5. The van der Waals surface area contributed by atoms with Crippen molar-refractivity contribution in [3.05, 3.63) is 40.9 Å². The molecular weight excluding hydrogens is 534 g/mol. The predicted molar refractivity (Wildman–Crippen MR) is 170 cm³/mol. The molecular formula is C32H51N5O3S. The summed E-state index contributed by atoms with van der Waals surface area (Å²) in [5.41, 5.74) is 2.69. The topological polar surface area (TPSA) is 103 Å². The lowest BCUT2D eigenvalue weighted by Crippen LogP contribution is -2.50. The average molecular weight is 586 g/mol. The van der Waals surface area contributed by atoms with Gasteiger partial charge in [0.15, 0.2) is 0 Å². The Labute approximate surface area is 250 Å². The number of amides is 3. The third-order valence-corrected chi connectivity index (χ3v) is 8.81. The molecule has 1 aromatic heterocycles. The number of aromatic nitrogens is 1. The van der Waals surface area contributed by atoms with Crippen molar-refractivity contribution in [1.29, 1.82) is 0 Å². The van der Waals surface area contributed by atoms with E-state index >= 15 is 0 Å². The average Bonchev–Trinajstić information content (AvgIpc) is 3.36. The molecule has 0 radical (unpaired) electrons. The minimum Gasteiger partial charge on any atom is -0.354 e. The minimum absolute atomic E-state index is 0.0399. The summed E-state index contributed by atoms with van der Waals surface area (Å²) >= 11 is 1.57. The summed E-state index contributed by atoms with van der Waals surface area (Å²) in [6, 6.07) is 5.56. The highest BCUT2D eigenvalue weighted by atomic mass is 32.1. The van der Waals surface area contributed by atoms with Crippen LogP contribution in [-0.2, 0) is 20.8 Å². The van der Waals surface area contributed by atoms with Crippen LogP contribution in [-0.4, -0.2) is 66.4 Å². The molecule has 1 aromatic carbocycles. The molecule has 0 saturated heterocycles. The maximum Gasteiger partial charge on any atom is 0.247 e. The van der Waals surface area contributed by atoms with Crippen LogP contribution in [0.5, 0.6) is 0 Å². The number of fused-ring (bicyclic) bond motifs is 1. The molecule has 0 spiro atoms. The minimum atomic E-state index is -0.722. The van der Waals surface area contributed by atoms with E-state index in [1.165, 1.54) is 5.56 Å². The molecule has 9 heteroatoms. The fraction of sp³-hybridized carbons (Fsp3) is 0.625. The van der Waals surface area contributed by atoms with Crippen LogP contribution in [0.15, 0.2) is 30.4 Å². The van der Waals surface area contributed by atoms with Crippen molar-refractivity contribution in [3.63, 3.8) is 0 Å². The maximum absolute atomic E-state index is 13.4. The Bertz CT molecular complexity index is 1160. The van der Waals surface area contributed by atoms with Gasteiger partial charge in [-0.05, 0) is 55.0 Å². The summed E-state index contributed by atoms with van der Waals surface area (Å²) in [5.74, 6) is 0.200. The quantitative estimate of drug-likeness (QED) is 0.213. The number of carbonyl (C=O) groups is 3. The van der Waals surface area contributed by atoms with E-state index in [2.05, 4.69) is 81.1 Å². The molecule has 0 aliphatic rings. The van der Waals surface area contributed by atoms with Gasteiger partial charge in [-0.3, -0.25) is 19.3 Å². The molecule has 41 heavy (non-hydrogen) atoms. The fourth-order valence-electron chi connectivity index (χ4n) is 4.61. The first-order chi connectivity index (χ1) is 19.5. The lowest BCUT2D eigenvalue weighted by atomic mass is 9.91. The standard InChI is InChI=1S/C32H51N5O3S/c1-9-13-29(38)35-27(17-30-36-26-15-14-24(21(5)6)16-28(26)41-30)32(40)34-19-25(22(7)10-2)18-33-31(39)23(8)20-37(11-3)12-4/h14-16,21-22,25,27H,8-13,17-20H2,1-7H3,(H,33,39)(H,34,40)(H,35,38)/t22-,25?,27-/m0/s1. The molecule has 228 valence electrons. The highest BCUT2D eigenvalue weighted by Crippen LogP contribution is 2.27. The second-order valence-corrected chi connectivity index (χ2v) is 12.3. The van der Waals surface area contributed by atoms with E-state index in [9.17, 15) is 14.4 Å². The fourth-order valence-corrected chi connectivity index (χ4v) is 5.67. The number of thiazole rings is 1. The molecule has 3 amide bonds. The number of hydrogen-bond donors (Lipinski definition) is 3. The van der Waals surface area contributed by atoms with E-state index in [1.807, 2.05) is 13.0 Å². The van der Waals surface area contributed by atoms with Crippen LogP contribution in [0.1, 0.15) is 84.2 Å². The lowest BCUT2D eigenvalue weighted by molar-refractivity contribution is -0.129. The summed E-state index contributed by atoms with van der Waals surface area (Å²) in [6.07, 6.45) is 2.31. The lowest BCUT2D eigenvalue weighted by Gasteiger charge is -2.26. The Hall–Kier alpha value is -2.78. The Morgan fingerprint density at radius 3 is 2.32 bits per heavy atom. The number of nitrogens with zero attached hydrogens (tertiary/aromatic N) is 2. The van der Waals surface area contributed by atoms with Crippen LogP contribution in [0.2, 0.25) is 0 Å². The van der Waals surface area contributed by atoms with Crippen LogP contribution in [0.3, 0.4) is 0 Å². The van der Waals surface area contributed by atoms with Gasteiger partial charge in [0, 0.05) is 38.0 Å². The molecule has 0 aliphatic carbocycles. The maximum atomic E-state index is 13.4. The summed E-state index contributed by atoms with van der Waals surface area (Å²) in [7, 11) is 0. The number of likely N-dealkylation sites (N-methyl/N-ethyl adjacent to an activating group) is 1. The van der Waals surface area contributed by atoms with Gasteiger partial charge in [-0.15, -0.1) is 11.3 Å². The zero-order valence-electron chi connectivity index (χ0n) is 26.1. The van der Waals surface area contributed by atoms with Gasteiger partial charge in [0.05, 0.1) is 15.2 Å². The van der Waals surface area contributed by atoms with Crippen molar-refractivity contribution in [1.82, 2.24) is 25.8 Å². The van der Waals surface area contributed by atoms with Gasteiger partial charge in [0.1, 0.15) is 6.04 Å². The first-order valence-electron chi connectivity index (χ1n) is 15.2. The van der Waals surface area contributed by atoms with E-state index in [1.54, 1.807) is 11.3 Å². The van der Waals surface area contributed by atoms with E-state index in [-0.39, 0.29) is 29.6 Å². The van der Waals surface area contributed by atoms with Crippen molar-refractivity contribution in [2.75, 3.05) is 32.7 Å². The number of nitrogens with one attached hydrogen (secondary N) is 3. The highest BCUT2D eigenvalue weighted by molar-refractivity contribution is 7.18. The second-order valence-electron chi connectivity index (χ2n) is 11.2. The molecule has 0 aliphatic heterocycles. The molecule has 1 heterocycles. The predicted octanol–water partition coefficient (Wildman–Crippen LogP) is 5.04. The zero-order valence-corrected chi connectivity index (χ0v) is 27.0. The summed E-state index contributed by atoms with van der Waals surface area (Å²) in [5, 5.41) is 9.84. The first-order valence-corrected chi connectivity index (χ1v) is 16.0. The van der Waals surface area contributed by atoms with Gasteiger partial charge < -0.3 is 16.0 Å². The Morgan fingerprint density at radius 1 is 1.02 bits per heavy atom. The molecule has 3 atom stereocenters. The van der Waals surface area contributed by atoms with E-state index in [4.69, 9.17) is 4.98 Å². The van der Waals surface area contributed by atoms with Gasteiger partial charge in [-0.1, -0.05) is 67.5 Å². The number of carbonyl (C=O) groups excluding carboxylic acids is 3. The van der Waals surface area contributed by atoms with Crippen LogP contribution in [0, 0.1) is 11.8 Å². The molecule has 0 fully saturated rings. The highest BCUT2D eigenvalue weighted by Gasteiger charge is 2.25. The molecule has 3 N–H and O–H groups in total. The number of benzene rings is 1. The SMILES string of the molecule is C=C(CN(CC)CC)C(=O)NCC(CNC(=O)[C@H](Cc1nc2ccc(C(C)C)cc2s1)NC(=O)CCC)[C@@H](C)CC. The largest absolute Gasteiger partial charge is 0.354 e. The third kappa shape index (κ3) is 10.9. The van der Waals surface area contributed by atoms with Gasteiger partial charge in [-0.2, -0.15) is 0 Å². The van der Waals surface area contributed by atoms with Crippen LogP contribution in [0.4, 0.5) is 0 Å². The van der Waals surface area contributed by atoms with Crippen LogP contribution >= 0.6 is 11.3 Å². The molecule has 1 unspecified atom stereocenters. The van der Waals surface area contributed by atoms with Crippen LogP contribution in [0.25, 0.3) is 10.2 Å². The van der Waals surface area contributed by atoms with Crippen molar-refractivity contribution >= 4 is 39.3 Å². The van der Waals surface area contributed by atoms with Gasteiger partial charge in [0.25, 0.3) is 0 Å². The smallest absolute Gasteiger partial charge is 0.247 e. The molecule has 0 bridgehead atoms. The van der Waals surface area contributed by atoms with Crippen molar-refractivity contribution < 1.29 is 14.4 Å². The van der Waals surface area contributed by atoms with Crippen LogP contribution < -0.4 is 16.0 Å². The van der Waals surface area contributed by atoms with Crippen molar-refractivity contribution in [2.24, 2.45) is 11.8 Å². The monoisotopic (exact) mass is 585 g/mol. The molecule has 0 saturated carbocycles. The zero-order chi connectivity index (χ0) is 30.5. The number of rotatable bonds is 18. The van der Waals surface area contributed by atoms with E-state index in [0.717, 1.165) is 34.7 Å². The molecule has 2 rings (SSSR count). The Balaban J connectivity index is 2.10. The third-order valence-electron chi connectivity index (χ3n) is 7.77. The van der Waals surface area contributed by atoms with Crippen molar-refractivity contribution in [3.8, 4) is 0 Å². The van der Waals surface area contributed by atoms with Gasteiger partial charge in [-0.25, -0.2) is 4.98 Å². The van der Waals surface area contributed by atoms with E-state index in [0.29, 0.717) is 50.4 Å². The first kappa shape index (κ1) is 34.4. The van der Waals surface area contributed by atoms with E-state index < -0.39 is 6.04 Å². The Morgan fingerprint density at radius 2 is 1.71 bits per heavy atom. The summed E-state index contributed by atoms with van der Waals surface area (Å²) in [4.78, 5) is 45.6. The summed E-state index contributed by atoms with van der Waals surface area (Å²) in [6.45, 7) is 21.7. The van der Waals surface area contributed by atoms with Gasteiger partial charge >= 0.3 is 0 Å².